The van der Waals surface area contributed by atoms with Crippen molar-refractivity contribution in [3.8, 4) is 5.69 Å². The number of fused-ring (bicyclic) bond motifs is 1. The molecular formula is C19H19LiN6O3S2. The van der Waals surface area contributed by atoms with E-state index in [9.17, 15) is 9.90 Å². The first-order valence-corrected chi connectivity index (χ1v) is 9.92. The third-order valence-electron chi connectivity index (χ3n) is 4.84. The number of aliphatic carboxylic acids is 1. The molecule has 0 amide bonds. The number of carbonyl (C=O) groups is 1. The van der Waals surface area contributed by atoms with E-state index < -0.39 is 12.1 Å². The van der Waals surface area contributed by atoms with Crippen LogP contribution in [0.4, 0.5) is 11.4 Å². The van der Waals surface area contributed by atoms with E-state index in [1.165, 1.54) is 0 Å². The minimum Gasteiger partial charge on any atom is -0.546 e. The van der Waals surface area contributed by atoms with Gasteiger partial charge in [-0.25, -0.2) is 0 Å². The van der Waals surface area contributed by atoms with Gasteiger partial charge in [-0.1, -0.05) is 18.2 Å². The predicted molar refractivity (Wildman–Crippen MR) is 115 cm³/mol. The molecule has 9 nitrogen and oxygen atoms in total. The standard InChI is InChI=1S/C19H20N6O3S2.Li/c1-24-15-7-11(5-6-12(15)9-20-16(24)17(26)27)10-28-23-13-3-2-4-14(8-13)25-18(29)21-22-19(25)30;/h2-8,16,20,23H,9-10H2,1H3,(H,21,29)(H,22,30)(H,26,27);/q;+1/p-1. The van der Waals surface area contributed by atoms with Crippen molar-refractivity contribution in [2.45, 2.75) is 19.3 Å². The van der Waals surface area contributed by atoms with Gasteiger partial charge in [0.15, 0.2) is 9.54 Å². The molecule has 1 atom stereocenters. The van der Waals surface area contributed by atoms with Crippen LogP contribution in [0.2, 0.25) is 0 Å². The van der Waals surface area contributed by atoms with E-state index in [0.29, 0.717) is 22.7 Å². The molecule has 0 radical (unpaired) electrons. The molecule has 0 saturated carbocycles. The van der Waals surface area contributed by atoms with Crippen molar-refractivity contribution in [2.24, 2.45) is 0 Å². The molecule has 0 spiro atoms. The maximum Gasteiger partial charge on any atom is 1.00 e. The summed E-state index contributed by atoms with van der Waals surface area (Å²) < 4.78 is 2.65. The van der Waals surface area contributed by atoms with Gasteiger partial charge in [0.2, 0.25) is 0 Å². The second-order valence-corrected chi connectivity index (χ2v) is 7.59. The zero-order valence-corrected chi connectivity index (χ0v) is 18.6. The topological polar surface area (TPSA) is 113 Å². The average Bonchev–Trinajstić information content (AvgIpc) is 3.06. The monoisotopic (exact) mass is 450 g/mol. The largest absolute Gasteiger partial charge is 1.00 e. The number of carboxylic acids is 1. The summed E-state index contributed by atoms with van der Waals surface area (Å²) in [5.74, 6) is -1.16. The van der Waals surface area contributed by atoms with Crippen LogP contribution < -0.4 is 39.7 Å². The molecule has 3 aromatic rings. The van der Waals surface area contributed by atoms with E-state index in [-0.39, 0.29) is 18.9 Å². The number of aromatic amines is 2. The molecule has 0 bridgehead atoms. The number of benzene rings is 2. The van der Waals surface area contributed by atoms with Crippen LogP contribution in [-0.4, -0.2) is 33.9 Å². The zero-order chi connectivity index (χ0) is 21.3. The van der Waals surface area contributed by atoms with Gasteiger partial charge in [-0.2, -0.15) is 0 Å². The smallest absolute Gasteiger partial charge is 0.546 e. The van der Waals surface area contributed by atoms with Crippen molar-refractivity contribution >= 4 is 41.8 Å². The number of anilines is 2. The van der Waals surface area contributed by atoms with Gasteiger partial charge in [0.05, 0.1) is 24.0 Å². The van der Waals surface area contributed by atoms with Crippen LogP contribution >= 0.6 is 24.4 Å². The van der Waals surface area contributed by atoms with Crippen molar-refractivity contribution in [3.05, 3.63) is 63.1 Å². The van der Waals surface area contributed by atoms with Crippen LogP contribution in [0.15, 0.2) is 42.5 Å². The molecule has 0 aliphatic carbocycles. The fourth-order valence-electron chi connectivity index (χ4n) is 3.36. The first-order valence-electron chi connectivity index (χ1n) is 9.11. The van der Waals surface area contributed by atoms with Gasteiger partial charge < -0.3 is 14.8 Å². The zero-order valence-electron chi connectivity index (χ0n) is 17.0. The number of H-pyrrole nitrogens is 2. The molecule has 156 valence electrons. The van der Waals surface area contributed by atoms with E-state index in [1.807, 2.05) is 42.5 Å². The van der Waals surface area contributed by atoms with Crippen molar-refractivity contribution in [3.63, 3.8) is 0 Å². The maximum atomic E-state index is 11.3. The molecule has 2 heterocycles. The summed E-state index contributed by atoms with van der Waals surface area (Å²) in [7, 11) is 1.72. The molecule has 1 aliphatic heterocycles. The Morgan fingerprint density at radius 2 is 1.97 bits per heavy atom. The number of aromatic nitrogens is 3. The van der Waals surface area contributed by atoms with Crippen LogP contribution in [0.25, 0.3) is 5.69 Å². The Morgan fingerprint density at radius 3 is 2.68 bits per heavy atom. The minimum atomic E-state index is -1.16. The number of nitrogens with one attached hydrogen (secondary N) is 4. The predicted octanol–water partition coefficient (Wildman–Crippen LogP) is -1.24. The second-order valence-electron chi connectivity index (χ2n) is 6.81. The molecule has 1 unspecified atom stereocenters. The van der Waals surface area contributed by atoms with Gasteiger partial charge in [-0.05, 0) is 59.8 Å². The Kier molecular flexibility index (Phi) is 7.37. The van der Waals surface area contributed by atoms with Crippen LogP contribution in [0.3, 0.4) is 0 Å². The van der Waals surface area contributed by atoms with Crippen molar-refractivity contribution < 1.29 is 33.6 Å². The summed E-state index contributed by atoms with van der Waals surface area (Å²) in [5.41, 5.74) is 7.21. The summed E-state index contributed by atoms with van der Waals surface area (Å²) in [5, 5.41) is 19.8. The number of likely N-dealkylation sites (N-methyl/N-ethyl adjacent to an activating group) is 1. The summed E-state index contributed by atoms with van der Waals surface area (Å²) in [6.45, 7) is 0.757. The average molecular weight is 450 g/mol. The van der Waals surface area contributed by atoms with E-state index in [0.717, 1.165) is 28.2 Å². The van der Waals surface area contributed by atoms with Crippen molar-refractivity contribution in [1.82, 2.24) is 20.1 Å². The Balaban J connectivity index is 0.00000272. The van der Waals surface area contributed by atoms with Gasteiger partial charge in [-0.3, -0.25) is 30.4 Å². The van der Waals surface area contributed by atoms with Crippen LogP contribution in [0, 0.1) is 9.54 Å². The quantitative estimate of drug-likeness (QED) is 0.210. The number of nitrogens with zero attached hydrogens (tertiary/aromatic N) is 2. The molecule has 1 aromatic heterocycles. The molecule has 0 fully saturated rings. The summed E-state index contributed by atoms with van der Waals surface area (Å²) in [4.78, 5) is 18.6. The number of hydrogen-bond acceptors (Lipinski definition) is 8. The SMILES string of the molecule is CN1c2cc(CONc3cccc(-n4c(=S)[nH][nH]c4=S)c3)ccc2CNC1C(=O)[O-].[Li+]. The number of rotatable bonds is 6. The summed E-state index contributed by atoms with van der Waals surface area (Å²) >= 11 is 10.5. The maximum absolute atomic E-state index is 11.3. The molecule has 4 N–H and O–H groups in total. The van der Waals surface area contributed by atoms with Crippen LogP contribution in [0.1, 0.15) is 11.1 Å². The molecule has 2 aromatic carbocycles. The molecular weight excluding hydrogens is 431 g/mol. The number of hydrogen-bond donors (Lipinski definition) is 4. The van der Waals surface area contributed by atoms with Gasteiger partial charge in [-0.15, -0.1) is 0 Å². The second kappa shape index (κ2) is 9.82. The molecule has 12 heteroatoms. The Hall–Kier alpha value is -2.39. The Morgan fingerprint density at radius 1 is 1.23 bits per heavy atom. The molecule has 4 rings (SSSR count). The fourth-order valence-corrected chi connectivity index (χ4v) is 3.91. The van der Waals surface area contributed by atoms with E-state index in [1.54, 1.807) is 16.5 Å². The van der Waals surface area contributed by atoms with Gasteiger partial charge >= 0.3 is 18.9 Å². The van der Waals surface area contributed by atoms with Crippen molar-refractivity contribution in [2.75, 3.05) is 17.4 Å². The van der Waals surface area contributed by atoms with E-state index in [2.05, 4.69) is 21.0 Å². The normalized spacial score (nSPS) is 15.1. The third kappa shape index (κ3) is 4.93. The Bertz CT molecular complexity index is 1180. The molecule has 0 saturated heterocycles. The summed E-state index contributed by atoms with van der Waals surface area (Å²) in [6.07, 6.45) is -0.860. The van der Waals surface area contributed by atoms with Gasteiger partial charge in [0.25, 0.3) is 0 Å². The van der Waals surface area contributed by atoms with Crippen molar-refractivity contribution in [1.29, 1.82) is 0 Å². The number of carbonyl (C=O) groups excluding carboxylic acids is 1. The van der Waals surface area contributed by atoms with E-state index >= 15 is 0 Å². The van der Waals surface area contributed by atoms with Crippen LogP contribution in [0.5, 0.6) is 0 Å². The van der Waals surface area contributed by atoms with E-state index in [4.69, 9.17) is 29.3 Å². The fraction of sp³-hybridized carbons (Fsp3) is 0.211. The first-order chi connectivity index (χ1) is 14.4. The summed E-state index contributed by atoms with van der Waals surface area (Å²) in [6, 6.07) is 13.3. The minimum absolute atomic E-state index is 0. The Labute approximate surface area is 200 Å². The van der Waals surface area contributed by atoms with Gasteiger partial charge in [0, 0.05) is 19.3 Å². The first kappa shape index (κ1) is 23.3. The third-order valence-corrected chi connectivity index (χ3v) is 5.41. The van der Waals surface area contributed by atoms with Gasteiger partial charge in [0.1, 0.15) is 6.17 Å². The molecule has 31 heavy (non-hydrogen) atoms. The molecule has 1 aliphatic rings. The number of carboxylic acid groups (broad SMARTS) is 1. The van der Waals surface area contributed by atoms with Crippen LogP contribution in [-0.2, 0) is 22.8 Å².